The van der Waals surface area contributed by atoms with E-state index in [1.165, 1.54) is 13.3 Å². The molecule has 0 saturated carbocycles. The lowest BCUT2D eigenvalue weighted by molar-refractivity contribution is -0.120. The Bertz CT molecular complexity index is 1530. The van der Waals surface area contributed by atoms with Crippen LogP contribution in [0.1, 0.15) is 39.6 Å². The topological polar surface area (TPSA) is 115 Å². The van der Waals surface area contributed by atoms with Crippen LogP contribution >= 0.6 is 0 Å². The van der Waals surface area contributed by atoms with Crippen molar-refractivity contribution >= 4 is 34.8 Å². The SMILES string of the molecule is CCCOc1ccc(C(=O)Oc2ccc(C=NNC(=O)CNC(=O)c3cccc4ccccc34)cc2OC)cc1. The number of hydrogen-bond donors (Lipinski definition) is 2. The number of carbonyl (C=O) groups excluding carboxylic acids is 3. The maximum absolute atomic E-state index is 12.6. The van der Waals surface area contributed by atoms with Gasteiger partial charge in [-0.3, -0.25) is 9.59 Å². The van der Waals surface area contributed by atoms with Crippen LogP contribution in [0, 0.1) is 0 Å². The van der Waals surface area contributed by atoms with Gasteiger partial charge in [0.1, 0.15) is 5.75 Å². The molecule has 0 aromatic heterocycles. The molecule has 4 aromatic rings. The van der Waals surface area contributed by atoms with Crippen molar-refractivity contribution in [1.29, 1.82) is 0 Å². The summed E-state index contributed by atoms with van der Waals surface area (Å²) in [6, 6.07) is 24.5. The number of hydrazone groups is 1. The third-order valence-electron chi connectivity index (χ3n) is 5.80. The monoisotopic (exact) mass is 539 g/mol. The van der Waals surface area contributed by atoms with Crippen LogP contribution in [0.25, 0.3) is 10.8 Å². The lowest BCUT2D eigenvalue weighted by Crippen LogP contribution is -2.35. The van der Waals surface area contributed by atoms with E-state index < -0.39 is 11.9 Å². The molecule has 0 saturated heterocycles. The molecule has 0 bridgehead atoms. The van der Waals surface area contributed by atoms with Gasteiger partial charge in [-0.1, -0.05) is 43.3 Å². The van der Waals surface area contributed by atoms with Crippen molar-refractivity contribution in [3.05, 3.63) is 102 Å². The normalized spacial score (nSPS) is 10.8. The van der Waals surface area contributed by atoms with Gasteiger partial charge in [0.15, 0.2) is 11.5 Å². The summed E-state index contributed by atoms with van der Waals surface area (Å²) in [6.07, 6.45) is 2.30. The number of methoxy groups -OCH3 is 1. The van der Waals surface area contributed by atoms with Gasteiger partial charge in [-0.15, -0.1) is 0 Å². The lowest BCUT2D eigenvalue weighted by Gasteiger charge is -2.10. The van der Waals surface area contributed by atoms with E-state index in [0.29, 0.717) is 34.8 Å². The minimum atomic E-state index is -0.542. The zero-order valence-corrected chi connectivity index (χ0v) is 22.2. The number of fused-ring (bicyclic) bond motifs is 1. The van der Waals surface area contributed by atoms with E-state index in [9.17, 15) is 14.4 Å². The minimum Gasteiger partial charge on any atom is -0.494 e. The van der Waals surface area contributed by atoms with Crippen LogP contribution in [0.5, 0.6) is 17.2 Å². The third-order valence-corrected chi connectivity index (χ3v) is 5.80. The molecule has 2 N–H and O–H groups in total. The fraction of sp³-hybridized carbons (Fsp3) is 0.161. The maximum atomic E-state index is 12.6. The van der Waals surface area contributed by atoms with E-state index in [1.807, 2.05) is 37.3 Å². The predicted molar refractivity (Wildman–Crippen MR) is 152 cm³/mol. The number of amides is 2. The Labute approximate surface area is 231 Å². The van der Waals surface area contributed by atoms with Gasteiger partial charge in [0, 0.05) is 5.56 Å². The van der Waals surface area contributed by atoms with Crippen LogP contribution in [0.15, 0.2) is 90.0 Å². The highest BCUT2D eigenvalue weighted by atomic mass is 16.6. The molecule has 0 atom stereocenters. The second kappa shape index (κ2) is 13.6. The van der Waals surface area contributed by atoms with Crippen molar-refractivity contribution in [2.75, 3.05) is 20.3 Å². The van der Waals surface area contributed by atoms with Gasteiger partial charge in [-0.2, -0.15) is 5.10 Å². The largest absolute Gasteiger partial charge is 0.494 e. The molecular formula is C31H29N3O6. The van der Waals surface area contributed by atoms with Crippen molar-refractivity contribution < 1.29 is 28.6 Å². The zero-order valence-electron chi connectivity index (χ0n) is 22.2. The quantitative estimate of drug-likeness (QED) is 0.123. The standard InChI is InChI=1S/C31H29N3O6/c1-3-17-39-24-14-12-23(13-15-24)31(37)40-27-16-11-21(18-28(27)38-2)19-33-34-29(35)20-32-30(36)26-10-6-8-22-7-4-5-9-25(22)26/h4-16,18-19H,3,17,20H2,1-2H3,(H,32,36)(H,34,35). The molecule has 0 radical (unpaired) electrons. The molecule has 0 unspecified atom stereocenters. The molecule has 204 valence electrons. The molecule has 9 heteroatoms. The summed E-state index contributed by atoms with van der Waals surface area (Å²) in [5.74, 6) is -0.163. The predicted octanol–water partition coefficient (Wildman–Crippen LogP) is 4.74. The van der Waals surface area contributed by atoms with E-state index in [1.54, 1.807) is 54.6 Å². The first-order valence-corrected chi connectivity index (χ1v) is 12.7. The Hall–Kier alpha value is -5.18. The summed E-state index contributed by atoms with van der Waals surface area (Å²) < 4.78 is 16.4. The van der Waals surface area contributed by atoms with Crippen molar-refractivity contribution in [2.24, 2.45) is 5.10 Å². The van der Waals surface area contributed by atoms with Crippen molar-refractivity contribution in [3.63, 3.8) is 0 Å². The Morgan fingerprint density at radius 3 is 2.45 bits per heavy atom. The molecule has 0 spiro atoms. The van der Waals surface area contributed by atoms with Crippen molar-refractivity contribution in [2.45, 2.75) is 13.3 Å². The summed E-state index contributed by atoms with van der Waals surface area (Å²) >= 11 is 0. The third kappa shape index (κ3) is 7.22. The summed E-state index contributed by atoms with van der Waals surface area (Å²) in [7, 11) is 1.45. The van der Waals surface area contributed by atoms with Crippen LogP contribution in [-0.2, 0) is 4.79 Å². The highest BCUT2D eigenvalue weighted by Gasteiger charge is 2.14. The van der Waals surface area contributed by atoms with Crippen LogP contribution < -0.4 is 25.0 Å². The Kier molecular flexibility index (Phi) is 9.44. The average Bonchev–Trinajstić information content (AvgIpc) is 2.99. The summed E-state index contributed by atoms with van der Waals surface area (Å²) in [5, 5.41) is 8.28. The van der Waals surface area contributed by atoms with E-state index in [2.05, 4.69) is 15.8 Å². The number of rotatable bonds is 11. The highest BCUT2D eigenvalue weighted by molar-refractivity contribution is 6.07. The second-order valence-electron chi connectivity index (χ2n) is 8.68. The second-order valence-corrected chi connectivity index (χ2v) is 8.68. The molecule has 0 heterocycles. The van der Waals surface area contributed by atoms with Gasteiger partial charge in [0.2, 0.25) is 0 Å². The molecule has 4 rings (SSSR count). The Balaban J connectivity index is 1.30. The minimum absolute atomic E-state index is 0.233. The van der Waals surface area contributed by atoms with Crippen LogP contribution in [0.4, 0.5) is 0 Å². The Morgan fingerprint density at radius 1 is 0.900 bits per heavy atom. The average molecular weight is 540 g/mol. The smallest absolute Gasteiger partial charge is 0.343 e. The van der Waals surface area contributed by atoms with Gasteiger partial charge < -0.3 is 19.5 Å². The van der Waals surface area contributed by atoms with E-state index in [0.717, 1.165) is 17.2 Å². The number of nitrogens with one attached hydrogen (secondary N) is 2. The number of ether oxygens (including phenoxy) is 3. The highest BCUT2D eigenvalue weighted by Crippen LogP contribution is 2.28. The molecule has 0 fully saturated rings. The summed E-state index contributed by atoms with van der Waals surface area (Å²) in [4.78, 5) is 37.4. The Morgan fingerprint density at radius 2 is 1.68 bits per heavy atom. The van der Waals surface area contributed by atoms with Gasteiger partial charge >= 0.3 is 5.97 Å². The van der Waals surface area contributed by atoms with E-state index in [4.69, 9.17) is 14.2 Å². The molecule has 0 aliphatic carbocycles. The summed E-state index contributed by atoms with van der Waals surface area (Å²) in [5.41, 5.74) is 3.82. The maximum Gasteiger partial charge on any atom is 0.343 e. The first-order chi connectivity index (χ1) is 19.5. The number of nitrogens with zero attached hydrogens (tertiary/aromatic N) is 1. The summed E-state index contributed by atoms with van der Waals surface area (Å²) in [6.45, 7) is 2.37. The first kappa shape index (κ1) is 27.8. The fourth-order valence-electron chi connectivity index (χ4n) is 3.81. The molecular weight excluding hydrogens is 510 g/mol. The number of hydrogen-bond acceptors (Lipinski definition) is 7. The van der Waals surface area contributed by atoms with E-state index >= 15 is 0 Å². The molecule has 0 aliphatic heterocycles. The molecule has 0 aliphatic rings. The van der Waals surface area contributed by atoms with Gasteiger partial charge in [-0.25, -0.2) is 10.2 Å². The number of carbonyl (C=O) groups is 3. The van der Waals surface area contributed by atoms with Crippen LogP contribution in [0.2, 0.25) is 0 Å². The molecule has 4 aromatic carbocycles. The van der Waals surface area contributed by atoms with Gasteiger partial charge in [0.25, 0.3) is 11.8 Å². The molecule has 2 amide bonds. The van der Waals surface area contributed by atoms with Crippen LogP contribution in [-0.4, -0.2) is 44.3 Å². The fourth-order valence-corrected chi connectivity index (χ4v) is 3.81. The lowest BCUT2D eigenvalue weighted by atomic mass is 10.0. The number of esters is 1. The first-order valence-electron chi connectivity index (χ1n) is 12.7. The molecule has 9 nitrogen and oxygen atoms in total. The zero-order chi connectivity index (χ0) is 28.3. The number of benzene rings is 4. The van der Waals surface area contributed by atoms with Crippen molar-refractivity contribution in [3.8, 4) is 17.2 Å². The van der Waals surface area contributed by atoms with Gasteiger partial charge in [0.05, 0.1) is 32.0 Å². The van der Waals surface area contributed by atoms with Crippen molar-refractivity contribution in [1.82, 2.24) is 10.7 Å². The van der Waals surface area contributed by atoms with E-state index in [-0.39, 0.29) is 18.2 Å². The van der Waals surface area contributed by atoms with Crippen LogP contribution in [0.3, 0.4) is 0 Å². The molecule has 40 heavy (non-hydrogen) atoms. The van der Waals surface area contributed by atoms with Gasteiger partial charge in [-0.05, 0) is 71.3 Å².